The van der Waals surface area contributed by atoms with Crippen LogP contribution in [0.2, 0.25) is 5.02 Å². The van der Waals surface area contributed by atoms with Gasteiger partial charge in [0.25, 0.3) is 11.7 Å². The van der Waals surface area contributed by atoms with Gasteiger partial charge in [-0.25, -0.2) is 0 Å². The molecule has 0 spiro atoms. The summed E-state index contributed by atoms with van der Waals surface area (Å²) in [6.07, 6.45) is 0. The zero-order valence-corrected chi connectivity index (χ0v) is 19.4. The first-order valence-electron chi connectivity index (χ1n) is 10.9. The molecule has 170 valence electrons. The van der Waals surface area contributed by atoms with Crippen molar-refractivity contribution in [1.82, 2.24) is 9.80 Å². The van der Waals surface area contributed by atoms with E-state index in [4.69, 9.17) is 16.3 Å². The van der Waals surface area contributed by atoms with Crippen LogP contribution in [0.4, 0.5) is 0 Å². The number of ketones is 1. The molecule has 32 heavy (non-hydrogen) atoms. The van der Waals surface area contributed by atoms with Crippen LogP contribution in [-0.4, -0.2) is 59.4 Å². The van der Waals surface area contributed by atoms with Gasteiger partial charge in [0.2, 0.25) is 0 Å². The first-order valence-corrected chi connectivity index (χ1v) is 11.3. The average molecular weight is 457 g/mol. The Hall–Kier alpha value is -2.83. The molecule has 1 fully saturated rings. The zero-order chi connectivity index (χ0) is 23.3. The maximum absolute atomic E-state index is 13.1. The molecule has 0 radical (unpaired) electrons. The van der Waals surface area contributed by atoms with Crippen LogP contribution in [0.25, 0.3) is 5.76 Å². The van der Waals surface area contributed by atoms with Crippen LogP contribution in [0.1, 0.15) is 37.9 Å². The number of likely N-dealkylation sites (N-methyl/N-ethyl adjacent to an activating group) is 1. The Kier molecular flexibility index (Phi) is 7.94. The normalized spacial score (nSPS) is 17.9. The van der Waals surface area contributed by atoms with E-state index in [2.05, 4.69) is 18.7 Å². The number of Topliss-reactive ketones (excluding diaryl/α,β-unsaturated/α-hetero) is 1. The smallest absolute Gasteiger partial charge is 0.295 e. The third-order valence-electron chi connectivity index (χ3n) is 5.71. The van der Waals surface area contributed by atoms with Gasteiger partial charge in [-0.3, -0.25) is 9.59 Å². The third-order valence-corrected chi connectivity index (χ3v) is 6.01. The van der Waals surface area contributed by atoms with E-state index in [-0.39, 0.29) is 11.3 Å². The number of carbonyl (C=O) groups is 2. The van der Waals surface area contributed by atoms with Crippen LogP contribution >= 0.6 is 11.6 Å². The van der Waals surface area contributed by atoms with E-state index < -0.39 is 17.7 Å². The van der Waals surface area contributed by atoms with Gasteiger partial charge in [0.05, 0.1) is 23.2 Å². The molecular weight excluding hydrogens is 428 g/mol. The lowest BCUT2D eigenvalue weighted by Crippen LogP contribution is -2.38. The van der Waals surface area contributed by atoms with Crippen molar-refractivity contribution in [2.24, 2.45) is 0 Å². The Morgan fingerprint density at radius 1 is 1.09 bits per heavy atom. The first kappa shape index (κ1) is 23.8. The summed E-state index contributed by atoms with van der Waals surface area (Å²) in [4.78, 5) is 29.8. The molecule has 1 amide bonds. The minimum Gasteiger partial charge on any atom is -0.507 e. The van der Waals surface area contributed by atoms with Gasteiger partial charge in [0.1, 0.15) is 11.5 Å². The molecule has 1 aliphatic rings. The van der Waals surface area contributed by atoms with Gasteiger partial charge >= 0.3 is 0 Å². The summed E-state index contributed by atoms with van der Waals surface area (Å²) >= 11 is 6.30. The summed E-state index contributed by atoms with van der Waals surface area (Å²) in [5.74, 6) is -1.05. The average Bonchev–Trinajstić information content (AvgIpc) is 3.06. The molecule has 1 heterocycles. The fraction of sp³-hybridized carbons (Fsp3) is 0.360. The number of aliphatic hydroxyl groups excluding tert-OH is 1. The molecule has 6 nitrogen and oxygen atoms in total. The van der Waals surface area contributed by atoms with Crippen molar-refractivity contribution in [2.75, 3.05) is 32.8 Å². The second-order valence-corrected chi connectivity index (χ2v) is 7.92. The zero-order valence-electron chi connectivity index (χ0n) is 18.7. The van der Waals surface area contributed by atoms with Gasteiger partial charge < -0.3 is 19.6 Å². The number of nitrogens with zero attached hydrogens (tertiary/aromatic N) is 2. The minimum atomic E-state index is -0.694. The lowest BCUT2D eigenvalue weighted by molar-refractivity contribution is -0.140. The van der Waals surface area contributed by atoms with E-state index in [1.807, 2.05) is 37.3 Å². The summed E-state index contributed by atoms with van der Waals surface area (Å²) in [6, 6.07) is 13.5. The van der Waals surface area contributed by atoms with Crippen LogP contribution in [0.3, 0.4) is 0 Å². The fourth-order valence-electron chi connectivity index (χ4n) is 3.96. The lowest BCUT2D eigenvalue weighted by atomic mass is 9.95. The Morgan fingerprint density at radius 3 is 2.38 bits per heavy atom. The number of hydrogen-bond acceptors (Lipinski definition) is 5. The molecule has 7 heteroatoms. The highest BCUT2D eigenvalue weighted by atomic mass is 35.5. The molecule has 2 aromatic carbocycles. The van der Waals surface area contributed by atoms with Crippen molar-refractivity contribution in [3.05, 3.63) is 70.3 Å². The number of likely N-dealkylation sites (tertiary alicyclic amines) is 1. The molecule has 0 aromatic heterocycles. The quantitative estimate of drug-likeness (QED) is 0.341. The summed E-state index contributed by atoms with van der Waals surface area (Å²) in [5, 5.41) is 11.5. The van der Waals surface area contributed by atoms with E-state index in [0.717, 1.165) is 18.7 Å². The van der Waals surface area contributed by atoms with Gasteiger partial charge in [-0.15, -0.1) is 0 Å². The molecule has 1 unspecified atom stereocenters. The highest BCUT2D eigenvalue weighted by Crippen LogP contribution is 2.40. The number of halogens is 1. The number of benzene rings is 2. The Labute approximate surface area is 194 Å². The Balaban J connectivity index is 2.07. The number of carbonyl (C=O) groups excluding carboxylic acids is 2. The molecule has 3 rings (SSSR count). The van der Waals surface area contributed by atoms with Gasteiger partial charge in [-0.2, -0.15) is 0 Å². The molecule has 0 bridgehead atoms. The molecule has 2 aromatic rings. The fourth-order valence-corrected chi connectivity index (χ4v) is 4.19. The van der Waals surface area contributed by atoms with Crippen LogP contribution < -0.4 is 4.74 Å². The van der Waals surface area contributed by atoms with E-state index in [1.54, 1.807) is 23.1 Å². The summed E-state index contributed by atoms with van der Waals surface area (Å²) in [6.45, 7) is 9.14. The minimum absolute atomic E-state index is 0.0703. The van der Waals surface area contributed by atoms with Crippen LogP contribution in [0.5, 0.6) is 5.75 Å². The molecular formula is C25H29ClN2O4. The predicted molar refractivity (Wildman–Crippen MR) is 126 cm³/mol. The maximum atomic E-state index is 13.1. The third kappa shape index (κ3) is 4.81. The topological polar surface area (TPSA) is 70.1 Å². The number of amides is 1. The van der Waals surface area contributed by atoms with Crippen LogP contribution in [0.15, 0.2) is 54.1 Å². The SMILES string of the molecule is CCOc1ccc(C(O)=C2C(=O)C(=O)N(CCN(CC)CC)C2c2ccccc2)cc1Cl. The van der Waals surface area contributed by atoms with Crippen molar-refractivity contribution in [2.45, 2.75) is 26.8 Å². The largest absolute Gasteiger partial charge is 0.507 e. The lowest BCUT2D eigenvalue weighted by Gasteiger charge is -2.28. The molecule has 0 saturated carbocycles. The Morgan fingerprint density at radius 2 is 1.78 bits per heavy atom. The second kappa shape index (κ2) is 10.7. The van der Waals surface area contributed by atoms with Gasteiger partial charge in [-0.1, -0.05) is 55.8 Å². The highest BCUT2D eigenvalue weighted by Gasteiger charge is 2.45. The van der Waals surface area contributed by atoms with Crippen molar-refractivity contribution in [3.63, 3.8) is 0 Å². The van der Waals surface area contributed by atoms with Crippen LogP contribution in [-0.2, 0) is 9.59 Å². The number of aliphatic hydroxyl groups is 1. The maximum Gasteiger partial charge on any atom is 0.295 e. The second-order valence-electron chi connectivity index (χ2n) is 7.51. The van der Waals surface area contributed by atoms with E-state index in [0.29, 0.717) is 36.0 Å². The number of rotatable bonds is 9. The highest BCUT2D eigenvalue weighted by molar-refractivity contribution is 6.46. The summed E-state index contributed by atoms with van der Waals surface area (Å²) < 4.78 is 5.45. The van der Waals surface area contributed by atoms with Gasteiger partial charge in [0.15, 0.2) is 0 Å². The van der Waals surface area contributed by atoms with Gasteiger partial charge in [-0.05, 0) is 43.8 Å². The first-order chi connectivity index (χ1) is 15.4. The molecule has 1 N–H and O–H groups in total. The molecule has 1 atom stereocenters. The van der Waals surface area contributed by atoms with E-state index in [1.165, 1.54) is 0 Å². The van der Waals surface area contributed by atoms with Crippen molar-refractivity contribution < 1.29 is 19.4 Å². The van der Waals surface area contributed by atoms with Crippen molar-refractivity contribution >= 4 is 29.1 Å². The summed E-state index contributed by atoms with van der Waals surface area (Å²) in [5.41, 5.74) is 1.20. The van der Waals surface area contributed by atoms with Crippen molar-refractivity contribution in [1.29, 1.82) is 0 Å². The standard InChI is InChI=1S/C25H29ClN2O4/c1-4-27(5-2)14-15-28-22(17-10-8-7-9-11-17)21(24(30)25(28)31)23(29)18-12-13-20(32-6-3)19(26)16-18/h7-13,16,22,29H,4-6,14-15H2,1-3H3. The predicted octanol–water partition coefficient (Wildman–Crippen LogP) is 4.50. The molecule has 0 aliphatic carbocycles. The monoisotopic (exact) mass is 456 g/mol. The molecule has 1 aliphatic heterocycles. The van der Waals surface area contributed by atoms with Gasteiger partial charge in [0, 0.05) is 18.7 Å². The number of ether oxygens (including phenoxy) is 1. The molecule has 1 saturated heterocycles. The van der Waals surface area contributed by atoms with E-state index in [9.17, 15) is 14.7 Å². The van der Waals surface area contributed by atoms with Crippen molar-refractivity contribution in [3.8, 4) is 5.75 Å². The van der Waals surface area contributed by atoms with Crippen LogP contribution in [0, 0.1) is 0 Å². The number of hydrogen-bond donors (Lipinski definition) is 1. The Bertz CT molecular complexity index is 1000. The summed E-state index contributed by atoms with van der Waals surface area (Å²) in [7, 11) is 0. The van der Waals surface area contributed by atoms with E-state index >= 15 is 0 Å².